The number of benzene rings is 2. The molecular formula is C22H20N2O5. The molecule has 0 N–H and O–H groups in total. The summed E-state index contributed by atoms with van der Waals surface area (Å²) >= 11 is 0. The van der Waals surface area contributed by atoms with E-state index < -0.39 is 18.7 Å². The zero-order valence-corrected chi connectivity index (χ0v) is 16.0. The number of esters is 1. The average Bonchev–Trinajstić information content (AvgIpc) is 3.18. The molecule has 1 aliphatic heterocycles. The Balaban J connectivity index is 1.50. The number of anilines is 1. The molecule has 29 heavy (non-hydrogen) atoms. The Morgan fingerprint density at radius 1 is 1.14 bits per heavy atom. The number of carbonyl (C=O) groups excluding carboxylic acids is 3. The van der Waals surface area contributed by atoms with E-state index in [4.69, 9.17) is 14.7 Å². The molecule has 1 amide bonds. The Bertz CT molecular complexity index is 945. The molecule has 3 rings (SSSR count). The molecule has 1 saturated heterocycles. The van der Waals surface area contributed by atoms with E-state index in [-0.39, 0.29) is 11.7 Å². The number of rotatable bonds is 7. The molecular weight excluding hydrogens is 372 g/mol. The minimum Gasteiger partial charge on any atom is -0.479 e. The number of ketones is 1. The molecule has 2 aromatic rings. The quantitative estimate of drug-likeness (QED) is 0.531. The lowest BCUT2D eigenvalue weighted by molar-refractivity contribution is -0.149. The second-order valence-electron chi connectivity index (χ2n) is 6.62. The minimum absolute atomic E-state index is 0.0780. The molecule has 1 fully saturated rings. The van der Waals surface area contributed by atoms with Gasteiger partial charge in [-0.25, -0.2) is 4.79 Å². The molecule has 0 bridgehead atoms. The first-order valence-electron chi connectivity index (χ1n) is 9.25. The fourth-order valence-electron chi connectivity index (χ4n) is 2.95. The molecule has 0 aromatic heterocycles. The molecule has 0 unspecified atom stereocenters. The molecule has 0 saturated carbocycles. The van der Waals surface area contributed by atoms with Crippen LogP contribution in [-0.2, 0) is 14.3 Å². The highest BCUT2D eigenvalue weighted by Crippen LogP contribution is 2.21. The number of nitrogens with zero attached hydrogens (tertiary/aromatic N) is 2. The Labute approximate surface area is 168 Å². The van der Waals surface area contributed by atoms with Crippen LogP contribution in [0.2, 0.25) is 0 Å². The molecule has 1 atom stereocenters. The minimum atomic E-state index is -0.903. The maximum atomic E-state index is 12.3. The van der Waals surface area contributed by atoms with E-state index >= 15 is 0 Å². The summed E-state index contributed by atoms with van der Waals surface area (Å²) in [5.41, 5.74) is 1.64. The first-order valence-corrected chi connectivity index (χ1v) is 9.25. The van der Waals surface area contributed by atoms with Gasteiger partial charge >= 0.3 is 5.97 Å². The summed E-state index contributed by atoms with van der Waals surface area (Å²) in [5.74, 6) is -0.508. The van der Waals surface area contributed by atoms with E-state index in [1.54, 1.807) is 53.4 Å². The van der Waals surface area contributed by atoms with Crippen LogP contribution in [0.3, 0.4) is 0 Å². The van der Waals surface area contributed by atoms with Crippen molar-refractivity contribution in [1.29, 1.82) is 5.26 Å². The lowest BCUT2D eigenvalue weighted by Crippen LogP contribution is -2.28. The summed E-state index contributed by atoms with van der Waals surface area (Å²) in [7, 11) is 0. The van der Waals surface area contributed by atoms with Crippen molar-refractivity contribution in [2.45, 2.75) is 25.9 Å². The molecule has 7 heteroatoms. The lowest BCUT2D eigenvalue weighted by atomic mass is 10.1. The number of ether oxygens (including phenoxy) is 2. The Kier molecular flexibility index (Phi) is 6.25. The van der Waals surface area contributed by atoms with Crippen LogP contribution in [0, 0.1) is 11.3 Å². The third-order valence-corrected chi connectivity index (χ3v) is 4.55. The first kappa shape index (κ1) is 20.1. The van der Waals surface area contributed by atoms with Crippen molar-refractivity contribution in [2.75, 3.05) is 18.1 Å². The number of amides is 1. The Hall–Kier alpha value is -3.66. The summed E-state index contributed by atoms with van der Waals surface area (Å²) in [6.07, 6.45) is 0.469. The van der Waals surface area contributed by atoms with Crippen LogP contribution >= 0.6 is 0 Å². The standard InChI is InChI=1S/C22H20N2O5/c1-15(29-19-10-4-16(13-23)5-11-19)22(27)28-14-20(25)17-6-8-18(9-7-17)24-12-2-3-21(24)26/h4-11,15H,2-3,12,14H2,1H3/t15-/m0/s1. The van der Waals surface area contributed by atoms with Gasteiger partial charge in [0.1, 0.15) is 5.75 Å². The molecule has 2 aromatic carbocycles. The summed E-state index contributed by atoms with van der Waals surface area (Å²) in [6.45, 7) is 1.80. The fourth-order valence-corrected chi connectivity index (χ4v) is 2.95. The summed E-state index contributed by atoms with van der Waals surface area (Å²) in [6, 6.07) is 15.0. The van der Waals surface area contributed by atoms with Crippen LogP contribution < -0.4 is 9.64 Å². The molecule has 1 aliphatic rings. The van der Waals surface area contributed by atoms with Gasteiger partial charge in [-0.3, -0.25) is 9.59 Å². The van der Waals surface area contributed by atoms with Crippen LogP contribution in [0.25, 0.3) is 0 Å². The van der Waals surface area contributed by atoms with Gasteiger partial charge in [0.2, 0.25) is 5.91 Å². The highest BCUT2D eigenvalue weighted by atomic mass is 16.6. The third kappa shape index (κ3) is 4.99. The maximum Gasteiger partial charge on any atom is 0.347 e. The number of hydrogen-bond donors (Lipinski definition) is 0. The normalized spacial score (nSPS) is 14.2. The fraction of sp³-hybridized carbons (Fsp3) is 0.273. The Morgan fingerprint density at radius 2 is 1.83 bits per heavy atom. The van der Waals surface area contributed by atoms with E-state index in [2.05, 4.69) is 0 Å². The van der Waals surface area contributed by atoms with Gasteiger partial charge < -0.3 is 14.4 Å². The van der Waals surface area contributed by atoms with Gasteiger partial charge in [-0.05, 0) is 61.9 Å². The average molecular weight is 392 g/mol. The Morgan fingerprint density at radius 3 is 2.41 bits per heavy atom. The predicted octanol–water partition coefficient (Wildman–Crippen LogP) is 2.88. The molecule has 0 spiro atoms. The third-order valence-electron chi connectivity index (χ3n) is 4.55. The van der Waals surface area contributed by atoms with Crippen LogP contribution in [-0.4, -0.2) is 36.9 Å². The van der Waals surface area contributed by atoms with Crippen molar-refractivity contribution >= 4 is 23.3 Å². The monoisotopic (exact) mass is 392 g/mol. The predicted molar refractivity (Wildman–Crippen MR) is 105 cm³/mol. The van der Waals surface area contributed by atoms with Crippen molar-refractivity contribution in [3.05, 3.63) is 59.7 Å². The van der Waals surface area contributed by atoms with E-state index in [9.17, 15) is 14.4 Å². The largest absolute Gasteiger partial charge is 0.479 e. The highest BCUT2D eigenvalue weighted by molar-refractivity contribution is 5.99. The van der Waals surface area contributed by atoms with Gasteiger partial charge in [0.25, 0.3) is 0 Å². The summed E-state index contributed by atoms with van der Waals surface area (Å²) in [5, 5.41) is 8.78. The van der Waals surface area contributed by atoms with E-state index in [1.165, 1.54) is 6.92 Å². The first-order chi connectivity index (χ1) is 14.0. The van der Waals surface area contributed by atoms with Crippen LogP contribution in [0.15, 0.2) is 48.5 Å². The van der Waals surface area contributed by atoms with Crippen molar-refractivity contribution < 1.29 is 23.9 Å². The van der Waals surface area contributed by atoms with Crippen molar-refractivity contribution in [2.24, 2.45) is 0 Å². The number of Topliss-reactive ketones (excluding diaryl/α,β-unsaturated/α-hetero) is 1. The van der Waals surface area contributed by atoms with Crippen LogP contribution in [0.5, 0.6) is 5.75 Å². The zero-order valence-electron chi connectivity index (χ0n) is 16.0. The summed E-state index contributed by atoms with van der Waals surface area (Å²) < 4.78 is 10.5. The molecule has 1 heterocycles. The lowest BCUT2D eigenvalue weighted by Gasteiger charge is -2.16. The highest BCUT2D eigenvalue weighted by Gasteiger charge is 2.22. The smallest absolute Gasteiger partial charge is 0.347 e. The van der Waals surface area contributed by atoms with E-state index in [0.717, 1.165) is 12.1 Å². The van der Waals surface area contributed by atoms with Gasteiger partial charge in [-0.15, -0.1) is 0 Å². The van der Waals surface area contributed by atoms with E-state index in [1.807, 2.05) is 6.07 Å². The maximum absolute atomic E-state index is 12.3. The molecule has 7 nitrogen and oxygen atoms in total. The second kappa shape index (κ2) is 9.02. The number of hydrogen-bond acceptors (Lipinski definition) is 6. The van der Waals surface area contributed by atoms with Crippen molar-refractivity contribution in [1.82, 2.24) is 0 Å². The molecule has 0 aliphatic carbocycles. The van der Waals surface area contributed by atoms with Crippen LogP contribution in [0.1, 0.15) is 35.7 Å². The van der Waals surface area contributed by atoms with Gasteiger partial charge in [0.05, 0.1) is 11.6 Å². The zero-order chi connectivity index (χ0) is 20.8. The number of nitriles is 1. The van der Waals surface area contributed by atoms with Gasteiger partial charge in [0, 0.05) is 24.2 Å². The van der Waals surface area contributed by atoms with Gasteiger partial charge in [-0.2, -0.15) is 5.26 Å². The topological polar surface area (TPSA) is 96.7 Å². The summed E-state index contributed by atoms with van der Waals surface area (Å²) in [4.78, 5) is 37.8. The SMILES string of the molecule is C[C@H](Oc1ccc(C#N)cc1)C(=O)OCC(=O)c1ccc(N2CCCC2=O)cc1. The molecule has 0 radical (unpaired) electrons. The van der Waals surface area contributed by atoms with Crippen LogP contribution in [0.4, 0.5) is 5.69 Å². The van der Waals surface area contributed by atoms with Crippen molar-refractivity contribution in [3.63, 3.8) is 0 Å². The van der Waals surface area contributed by atoms with Gasteiger partial charge in [0.15, 0.2) is 18.5 Å². The van der Waals surface area contributed by atoms with E-state index in [0.29, 0.717) is 29.8 Å². The van der Waals surface area contributed by atoms with Gasteiger partial charge in [-0.1, -0.05) is 0 Å². The molecule has 148 valence electrons. The second-order valence-corrected chi connectivity index (χ2v) is 6.62. The number of carbonyl (C=O) groups is 3. The van der Waals surface area contributed by atoms with Crippen molar-refractivity contribution in [3.8, 4) is 11.8 Å².